The molecule has 1 fully saturated rings. The van der Waals surface area contributed by atoms with Gasteiger partial charge in [0.2, 0.25) is 5.95 Å². The van der Waals surface area contributed by atoms with Gasteiger partial charge in [0.1, 0.15) is 5.82 Å². The molecular formula is C16H22FN3. The average Bonchev–Trinajstić information content (AvgIpc) is 2.83. The highest BCUT2D eigenvalue weighted by atomic mass is 19.1. The van der Waals surface area contributed by atoms with E-state index in [1.807, 2.05) is 0 Å². The molecule has 2 N–H and O–H groups in total. The molecule has 4 heteroatoms. The number of hydrogen-bond acceptors (Lipinski definition) is 2. The van der Waals surface area contributed by atoms with Crippen LogP contribution in [-0.4, -0.2) is 16.5 Å². The lowest BCUT2D eigenvalue weighted by Crippen LogP contribution is -2.16. The Balaban J connectivity index is 1.52. The van der Waals surface area contributed by atoms with Gasteiger partial charge < -0.3 is 10.3 Å². The van der Waals surface area contributed by atoms with Crippen molar-refractivity contribution in [3.05, 3.63) is 24.0 Å². The van der Waals surface area contributed by atoms with Gasteiger partial charge in [-0.05, 0) is 36.5 Å². The van der Waals surface area contributed by atoms with Gasteiger partial charge >= 0.3 is 0 Å². The number of nitrogens with zero attached hydrogens (tertiary/aromatic N) is 1. The second-order valence-electron chi connectivity index (χ2n) is 6.09. The predicted octanol–water partition coefficient (Wildman–Crippen LogP) is 4.33. The minimum atomic E-state index is -0.232. The summed E-state index contributed by atoms with van der Waals surface area (Å²) in [5.41, 5.74) is 1.55. The van der Waals surface area contributed by atoms with Crippen LogP contribution in [0.2, 0.25) is 0 Å². The Morgan fingerprint density at radius 1 is 1.30 bits per heavy atom. The molecule has 108 valence electrons. The summed E-state index contributed by atoms with van der Waals surface area (Å²) >= 11 is 0. The molecule has 0 amide bonds. The molecule has 3 rings (SSSR count). The number of hydrogen-bond donors (Lipinski definition) is 2. The van der Waals surface area contributed by atoms with Crippen LogP contribution in [-0.2, 0) is 0 Å². The quantitative estimate of drug-likeness (QED) is 0.872. The van der Waals surface area contributed by atoms with Gasteiger partial charge in [-0.15, -0.1) is 0 Å². The van der Waals surface area contributed by atoms with Gasteiger partial charge in [0.05, 0.1) is 11.0 Å². The summed E-state index contributed by atoms with van der Waals surface area (Å²) in [5, 5.41) is 3.32. The zero-order chi connectivity index (χ0) is 13.9. The molecule has 1 aliphatic rings. The van der Waals surface area contributed by atoms with Crippen LogP contribution in [0.5, 0.6) is 0 Å². The summed E-state index contributed by atoms with van der Waals surface area (Å²) in [6.07, 6.45) is 6.64. The Labute approximate surface area is 119 Å². The highest BCUT2D eigenvalue weighted by Crippen LogP contribution is 2.30. The minimum absolute atomic E-state index is 0.232. The third-order valence-corrected chi connectivity index (χ3v) is 4.42. The molecule has 1 saturated carbocycles. The third kappa shape index (κ3) is 3.11. The SMILES string of the molecule is CC1CCC(CCNc2nc3ccc(F)cc3[nH]2)CC1. The lowest BCUT2D eigenvalue weighted by Gasteiger charge is -2.26. The van der Waals surface area contributed by atoms with Gasteiger partial charge in [-0.2, -0.15) is 0 Å². The summed E-state index contributed by atoms with van der Waals surface area (Å²) in [6.45, 7) is 3.28. The van der Waals surface area contributed by atoms with Crippen molar-refractivity contribution in [2.24, 2.45) is 11.8 Å². The van der Waals surface area contributed by atoms with Crippen molar-refractivity contribution >= 4 is 17.0 Å². The first-order chi connectivity index (χ1) is 9.70. The molecule has 0 spiro atoms. The van der Waals surface area contributed by atoms with Crippen molar-refractivity contribution < 1.29 is 4.39 Å². The Hall–Kier alpha value is -1.58. The molecular weight excluding hydrogens is 253 g/mol. The largest absolute Gasteiger partial charge is 0.356 e. The molecule has 20 heavy (non-hydrogen) atoms. The fourth-order valence-electron chi connectivity index (χ4n) is 3.08. The zero-order valence-corrected chi connectivity index (χ0v) is 12.0. The number of nitrogens with one attached hydrogen (secondary N) is 2. The standard InChI is InChI=1S/C16H22FN3/c1-11-2-4-12(5-3-11)8-9-18-16-19-14-7-6-13(17)10-15(14)20-16/h6-7,10-12H,2-5,8-9H2,1H3,(H2,18,19,20). The van der Waals surface area contributed by atoms with Crippen molar-refractivity contribution in [1.82, 2.24) is 9.97 Å². The third-order valence-electron chi connectivity index (χ3n) is 4.42. The van der Waals surface area contributed by atoms with Crippen molar-refractivity contribution in [2.45, 2.75) is 39.0 Å². The molecule has 0 aliphatic heterocycles. The Bertz CT molecular complexity index is 570. The van der Waals surface area contributed by atoms with E-state index in [1.165, 1.54) is 44.2 Å². The number of aromatic nitrogens is 2. The summed E-state index contributed by atoms with van der Waals surface area (Å²) in [4.78, 5) is 7.53. The molecule has 3 nitrogen and oxygen atoms in total. The summed E-state index contributed by atoms with van der Waals surface area (Å²) < 4.78 is 13.1. The first-order valence-electron chi connectivity index (χ1n) is 7.60. The minimum Gasteiger partial charge on any atom is -0.356 e. The van der Waals surface area contributed by atoms with E-state index in [-0.39, 0.29) is 5.82 Å². The van der Waals surface area contributed by atoms with Crippen molar-refractivity contribution in [3.8, 4) is 0 Å². The lowest BCUT2D eigenvalue weighted by atomic mass is 9.81. The van der Waals surface area contributed by atoms with E-state index in [0.717, 1.165) is 35.4 Å². The van der Waals surface area contributed by atoms with Crippen LogP contribution in [0.3, 0.4) is 0 Å². The molecule has 1 aromatic heterocycles. The van der Waals surface area contributed by atoms with Gasteiger partial charge in [0.25, 0.3) is 0 Å². The second-order valence-corrected chi connectivity index (χ2v) is 6.09. The fourth-order valence-corrected chi connectivity index (χ4v) is 3.08. The maximum atomic E-state index is 13.1. The number of imidazole rings is 1. The average molecular weight is 275 g/mol. The molecule has 0 bridgehead atoms. The van der Waals surface area contributed by atoms with Gasteiger partial charge in [-0.3, -0.25) is 0 Å². The molecule has 0 radical (unpaired) electrons. The smallest absolute Gasteiger partial charge is 0.201 e. The highest BCUT2D eigenvalue weighted by Gasteiger charge is 2.17. The number of benzene rings is 1. The van der Waals surface area contributed by atoms with E-state index in [4.69, 9.17) is 0 Å². The van der Waals surface area contributed by atoms with E-state index in [1.54, 1.807) is 6.07 Å². The normalized spacial score (nSPS) is 23.1. The summed E-state index contributed by atoms with van der Waals surface area (Å²) in [7, 11) is 0. The monoisotopic (exact) mass is 275 g/mol. The summed E-state index contributed by atoms with van der Waals surface area (Å²) in [5.74, 6) is 2.27. The Kier molecular flexibility index (Phi) is 3.90. The highest BCUT2D eigenvalue weighted by molar-refractivity contribution is 5.77. The van der Waals surface area contributed by atoms with Crippen LogP contribution in [0.15, 0.2) is 18.2 Å². The topological polar surface area (TPSA) is 40.7 Å². The van der Waals surface area contributed by atoms with Crippen molar-refractivity contribution in [2.75, 3.05) is 11.9 Å². The number of H-pyrrole nitrogens is 1. The van der Waals surface area contributed by atoms with Crippen LogP contribution in [0.1, 0.15) is 39.0 Å². The summed E-state index contributed by atoms with van der Waals surface area (Å²) in [6, 6.07) is 4.63. The molecule has 0 atom stereocenters. The second kappa shape index (κ2) is 5.81. The van der Waals surface area contributed by atoms with Crippen LogP contribution in [0.25, 0.3) is 11.0 Å². The number of fused-ring (bicyclic) bond motifs is 1. The molecule has 2 aromatic rings. The molecule has 1 aliphatic carbocycles. The predicted molar refractivity (Wildman–Crippen MR) is 80.3 cm³/mol. The van der Waals surface area contributed by atoms with Gasteiger partial charge in [-0.1, -0.05) is 32.6 Å². The molecule has 0 saturated heterocycles. The number of anilines is 1. The number of rotatable bonds is 4. The van der Waals surface area contributed by atoms with Crippen molar-refractivity contribution in [3.63, 3.8) is 0 Å². The molecule has 0 unspecified atom stereocenters. The Morgan fingerprint density at radius 3 is 2.90 bits per heavy atom. The van der Waals surface area contributed by atoms with E-state index >= 15 is 0 Å². The molecule has 1 heterocycles. The first kappa shape index (κ1) is 13.4. The van der Waals surface area contributed by atoms with Crippen LogP contribution < -0.4 is 5.32 Å². The molecule has 1 aromatic carbocycles. The maximum absolute atomic E-state index is 13.1. The number of halogens is 1. The van der Waals surface area contributed by atoms with Crippen LogP contribution in [0.4, 0.5) is 10.3 Å². The van der Waals surface area contributed by atoms with E-state index in [2.05, 4.69) is 22.2 Å². The van der Waals surface area contributed by atoms with Crippen molar-refractivity contribution in [1.29, 1.82) is 0 Å². The number of aromatic amines is 1. The van der Waals surface area contributed by atoms with E-state index in [9.17, 15) is 4.39 Å². The first-order valence-corrected chi connectivity index (χ1v) is 7.60. The van der Waals surface area contributed by atoms with Gasteiger partial charge in [0, 0.05) is 6.54 Å². The van der Waals surface area contributed by atoms with Crippen LogP contribution in [0, 0.1) is 17.7 Å². The van der Waals surface area contributed by atoms with Crippen LogP contribution >= 0.6 is 0 Å². The van der Waals surface area contributed by atoms with E-state index in [0.29, 0.717) is 0 Å². The maximum Gasteiger partial charge on any atom is 0.201 e. The zero-order valence-electron chi connectivity index (χ0n) is 12.0. The van der Waals surface area contributed by atoms with Gasteiger partial charge in [-0.25, -0.2) is 9.37 Å². The fraction of sp³-hybridized carbons (Fsp3) is 0.562. The lowest BCUT2D eigenvalue weighted by molar-refractivity contribution is 0.282. The van der Waals surface area contributed by atoms with Gasteiger partial charge in [0.15, 0.2) is 0 Å². The van der Waals surface area contributed by atoms with E-state index < -0.39 is 0 Å². The Morgan fingerprint density at radius 2 is 2.10 bits per heavy atom.